The van der Waals surface area contributed by atoms with E-state index in [4.69, 9.17) is 10.3 Å². The van der Waals surface area contributed by atoms with Gasteiger partial charge in [0.2, 0.25) is 11.7 Å². The lowest BCUT2D eigenvalue weighted by molar-refractivity contribution is 0.375. The maximum Gasteiger partial charge on any atom is 0.248 e. The molecule has 1 fully saturated rings. The van der Waals surface area contributed by atoms with E-state index in [0.29, 0.717) is 23.7 Å². The Morgan fingerprint density at radius 2 is 2.33 bits per heavy atom. The van der Waals surface area contributed by atoms with Gasteiger partial charge in [-0.2, -0.15) is 4.98 Å². The smallest absolute Gasteiger partial charge is 0.248 e. The Bertz CT molecular complexity index is 650. The molecule has 7 heteroatoms. The summed E-state index contributed by atoms with van der Waals surface area (Å²) in [4.78, 5) is 8.54. The van der Waals surface area contributed by atoms with E-state index in [0.717, 1.165) is 22.9 Å². The van der Waals surface area contributed by atoms with Gasteiger partial charge in [0.15, 0.2) is 5.96 Å². The fraction of sp³-hybridized carbons (Fsp3) is 0.357. The molecule has 1 aliphatic carbocycles. The zero-order valence-electron chi connectivity index (χ0n) is 11.4. The molecular formula is C14H16BrN5O. The number of guanidine groups is 1. The predicted octanol–water partition coefficient (Wildman–Crippen LogP) is 2.46. The number of benzene rings is 1. The van der Waals surface area contributed by atoms with Crippen molar-refractivity contribution in [3.63, 3.8) is 0 Å². The van der Waals surface area contributed by atoms with Crippen LogP contribution in [0.2, 0.25) is 0 Å². The van der Waals surface area contributed by atoms with Gasteiger partial charge in [0, 0.05) is 16.1 Å². The molecule has 1 aliphatic rings. The Kier molecular flexibility index (Phi) is 4.19. The Labute approximate surface area is 131 Å². The van der Waals surface area contributed by atoms with Crippen LogP contribution in [-0.4, -0.2) is 22.1 Å². The molecular weight excluding hydrogens is 334 g/mol. The standard InChI is InChI=1S/C14H16BrN5O/c15-10-4-1-3-9(7-10)13-19-12(21-20-13)8-17-14(16)18-11-5-2-6-11/h1,3-4,7,11H,2,5-6,8H2,(H3,16,17,18). The summed E-state index contributed by atoms with van der Waals surface area (Å²) in [5.41, 5.74) is 6.71. The van der Waals surface area contributed by atoms with Crippen LogP contribution in [-0.2, 0) is 6.54 Å². The molecule has 0 aliphatic heterocycles. The SMILES string of the molecule is NC(=NCc1nc(-c2cccc(Br)c2)no1)NC1CCC1. The third-order valence-corrected chi connectivity index (χ3v) is 3.89. The van der Waals surface area contributed by atoms with Crippen LogP contribution in [0, 0.1) is 0 Å². The Morgan fingerprint density at radius 3 is 3.05 bits per heavy atom. The van der Waals surface area contributed by atoms with E-state index in [-0.39, 0.29) is 6.54 Å². The lowest BCUT2D eigenvalue weighted by atomic mass is 9.93. The van der Waals surface area contributed by atoms with E-state index in [1.165, 1.54) is 6.42 Å². The molecule has 0 saturated heterocycles. The zero-order chi connectivity index (χ0) is 14.7. The van der Waals surface area contributed by atoms with Crippen LogP contribution >= 0.6 is 15.9 Å². The number of halogens is 1. The Balaban J connectivity index is 1.63. The maximum absolute atomic E-state index is 5.81. The minimum atomic E-state index is 0.284. The van der Waals surface area contributed by atoms with Gasteiger partial charge in [0.1, 0.15) is 6.54 Å². The van der Waals surface area contributed by atoms with Crippen LogP contribution in [0.25, 0.3) is 11.4 Å². The van der Waals surface area contributed by atoms with Gasteiger partial charge >= 0.3 is 0 Å². The van der Waals surface area contributed by atoms with E-state index < -0.39 is 0 Å². The lowest BCUT2D eigenvalue weighted by Gasteiger charge is -2.26. The van der Waals surface area contributed by atoms with E-state index in [9.17, 15) is 0 Å². The summed E-state index contributed by atoms with van der Waals surface area (Å²) in [6, 6.07) is 8.20. The summed E-state index contributed by atoms with van der Waals surface area (Å²) >= 11 is 3.42. The maximum atomic E-state index is 5.81. The topological polar surface area (TPSA) is 89.3 Å². The number of nitrogens with zero attached hydrogens (tertiary/aromatic N) is 3. The van der Waals surface area contributed by atoms with Gasteiger partial charge < -0.3 is 15.6 Å². The van der Waals surface area contributed by atoms with Crippen LogP contribution in [0.3, 0.4) is 0 Å². The van der Waals surface area contributed by atoms with Crippen molar-refractivity contribution in [1.29, 1.82) is 0 Å². The molecule has 2 aromatic rings. The van der Waals surface area contributed by atoms with Crippen LogP contribution in [0.15, 0.2) is 38.3 Å². The van der Waals surface area contributed by atoms with Gasteiger partial charge in [-0.1, -0.05) is 33.2 Å². The fourth-order valence-electron chi connectivity index (χ4n) is 2.02. The molecule has 0 atom stereocenters. The largest absolute Gasteiger partial charge is 0.370 e. The van der Waals surface area contributed by atoms with Crippen LogP contribution in [0.1, 0.15) is 25.2 Å². The average molecular weight is 350 g/mol. The van der Waals surface area contributed by atoms with Crippen molar-refractivity contribution in [3.8, 4) is 11.4 Å². The normalized spacial score (nSPS) is 15.8. The minimum absolute atomic E-state index is 0.284. The molecule has 0 amide bonds. The summed E-state index contributed by atoms with van der Waals surface area (Å²) in [6.45, 7) is 0.284. The molecule has 0 radical (unpaired) electrons. The summed E-state index contributed by atoms with van der Waals surface area (Å²) in [5.74, 6) is 1.43. The highest BCUT2D eigenvalue weighted by Gasteiger charge is 2.17. The summed E-state index contributed by atoms with van der Waals surface area (Å²) in [7, 11) is 0. The number of nitrogens with two attached hydrogens (primary N) is 1. The quantitative estimate of drug-likeness (QED) is 0.653. The van der Waals surface area contributed by atoms with Crippen molar-refractivity contribution in [1.82, 2.24) is 15.5 Å². The average Bonchev–Trinajstić information content (AvgIpc) is 2.90. The first-order chi connectivity index (χ1) is 10.2. The molecule has 0 bridgehead atoms. The molecule has 1 saturated carbocycles. The number of hydrogen-bond donors (Lipinski definition) is 2. The Morgan fingerprint density at radius 1 is 1.48 bits per heavy atom. The summed E-state index contributed by atoms with van der Waals surface area (Å²) < 4.78 is 6.16. The van der Waals surface area contributed by atoms with Gasteiger partial charge in [0.05, 0.1) is 0 Å². The third-order valence-electron chi connectivity index (χ3n) is 3.39. The lowest BCUT2D eigenvalue weighted by Crippen LogP contribution is -2.43. The van der Waals surface area contributed by atoms with Gasteiger partial charge in [-0.3, -0.25) is 0 Å². The molecule has 3 N–H and O–H groups in total. The number of rotatable bonds is 4. The van der Waals surface area contributed by atoms with Crippen LogP contribution in [0.4, 0.5) is 0 Å². The van der Waals surface area contributed by atoms with Crippen molar-refractivity contribution in [2.24, 2.45) is 10.7 Å². The van der Waals surface area contributed by atoms with Crippen molar-refractivity contribution >= 4 is 21.9 Å². The molecule has 1 heterocycles. The molecule has 0 unspecified atom stereocenters. The first kappa shape index (κ1) is 14.1. The Hall–Kier alpha value is -1.89. The van der Waals surface area contributed by atoms with Crippen molar-refractivity contribution in [2.75, 3.05) is 0 Å². The van der Waals surface area contributed by atoms with E-state index in [2.05, 4.69) is 36.4 Å². The number of hydrogen-bond acceptors (Lipinski definition) is 4. The van der Waals surface area contributed by atoms with Gasteiger partial charge in [-0.25, -0.2) is 4.99 Å². The van der Waals surface area contributed by atoms with Gasteiger partial charge in [-0.05, 0) is 31.4 Å². The third kappa shape index (κ3) is 3.60. The first-order valence-corrected chi connectivity index (χ1v) is 7.65. The predicted molar refractivity (Wildman–Crippen MR) is 83.5 cm³/mol. The second-order valence-electron chi connectivity index (χ2n) is 5.00. The fourth-order valence-corrected chi connectivity index (χ4v) is 2.42. The molecule has 3 rings (SSSR count). The monoisotopic (exact) mass is 349 g/mol. The van der Waals surface area contributed by atoms with Gasteiger partial charge in [0.25, 0.3) is 0 Å². The molecule has 0 spiro atoms. The molecule has 1 aromatic heterocycles. The molecule has 6 nitrogen and oxygen atoms in total. The minimum Gasteiger partial charge on any atom is -0.370 e. The second kappa shape index (κ2) is 6.26. The van der Waals surface area contributed by atoms with Crippen molar-refractivity contribution in [2.45, 2.75) is 31.8 Å². The second-order valence-corrected chi connectivity index (χ2v) is 5.91. The summed E-state index contributed by atoms with van der Waals surface area (Å²) in [6.07, 6.45) is 3.57. The number of aromatic nitrogens is 2. The zero-order valence-corrected chi connectivity index (χ0v) is 13.0. The molecule has 21 heavy (non-hydrogen) atoms. The highest BCUT2D eigenvalue weighted by Crippen LogP contribution is 2.20. The van der Waals surface area contributed by atoms with Crippen LogP contribution in [0.5, 0.6) is 0 Å². The van der Waals surface area contributed by atoms with Crippen molar-refractivity contribution in [3.05, 3.63) is 34.6 Å². The number of nitrogens with one attached hydrogen (secondary N) is 1. The van der Waals surface area contributed by atoms with Crippen molar-refractivity contribution < 1.29 is 4.52 Å². The molecule has 110 valence electrons. The number of aliphatic imine (C=N–C) groups is 1. The van der Waals surface area contributed by atoms with E-state index >= 15 is 0 Å². The molecule has 1 aromatic carbocycles. The highest BCUT2D eigenvalue weighted by molar-refractivity contribution is 9.10. The summed E-state index contributed by atoms with van der Waals surface area (Å²) in [5, 5.41) is 7.12. The highest BCUT2D eigenvalue weighted by atomic mass is 79.9. The first-order valence-electron chi connectivity index (χ1n) is 6.86. The van der Waals surface area contributed by atoms with Crippen LogP contribution < -0.4 is 11.1 Å². The van der Waals surface area contributed by atoms with Gasteiger partial charge in [-0.15, -0.1) is 0 Å². The van der Waals surface area contributed by atoms with E-state index in [1.54, 1.807) is 0 Å². The van der Waals surface area contributed by atoms with E-state index in [1.807, 2.05) is 24.3 Å².